The molecule has 0 bridgehead atoms. The van der Waals surface area contributed by atoms with Gasteiger partial charge in [0.25, 0.3) is 0 Å². The molecule has 0 saturated carbocycles. The lowest BCUT2D eigenvalue weighted by Gasteiger charge is -2.24. The summed E-state index contributed by atoms with van der Waals surface area (Å²) in [4.78, 5) is 12.4. The van der Waals surface area contributed by atoms with Crippen molar-refractivity contribution in [2.45, 2.75) is 32.0 Å². The molecule has 1 unspecified atom stereocenters. The molecule has 3 aromatic rings. The van der Waals surface area contributed by atoms with Crippen LogP contribution in [-0.2, 0) is 13.0 Å². The third kappa shape index (κ3) is 4.86. The Hall–Kier alpha value is -2.59. The zero-order valence-electron chi connectivity index (χ0n) is 18.3. The van der Waals surface area contributed by atoms with Gasteiger partial charge in [-0.1, -0.05) is 12.1 Å². The number of nitrogens with zero attached hydrogens (tertiary/aromatic N) is 3. The van der Waals surface area contributed by atoms with Crippen molar-refractivity contribution in [3.05, 3.63) is 40.8 Å². The number of aromatic nitrogens is 2. The second-order valence-corrected chi connectivity index (χ2v) is 10.0. The Morgan fingerprint density at radius 1 is 1.21 bits per heavy atom. The van der Waals surface area contributed by atoms with Crippen molar-refractivity contribution in [2.75, 3.05) is 43.5 Å². The highest BCUT2D eigenvalue weighted by Gasteiger charge is 2.41. The number of methoxy groups -OCH3 is 1. The molecule has 2 aliphatic rings. The molecule has 2 saturated heterocycles. The van der Waals surface area contributed by atoms with Gasteiger partial charge < -0.3 is 20.3 Å². The first-order valence-electron chi connectivity index (χ1n) is 11.0. The summed E-state index contributed by atoms with van der Waals surface area (Å²) in [6.07, 6.45) is -3.03. The van der Waals surface area contributed by atoms with Gasteiger partial charge >= 0.3 is 6.18 Å². The van der Waals surface area contributed by atoms with Crippen molar-refractivity contribution in [3.63, 3.8) is 0 Å². The normalized spacial score (nSPS) is 20.8. The van der Waals surface area contributed by atoms with E-state index >= 15 is 0 Å². The van der Waals surface area contributed by atoms with E-state index in [1.54, 1.807) is 13.2 Å². The maximum absolute atomic E-state index is 13.0. The van der Waals surface area contributed by atoms with Gasteiger partial charge in [0.1, 0.15) is 16.4 Å². The summed E-state index contributed by atoms with van der Waals surface area (Å²) in [6.45, 7) is 4.19. The van der Waals surface area contributed by atoms with Gasteiger partial charge in [-0.25, -0.2) is 4.98 Å². The van der Waals surface area contributed by atoms with Crippen LogP contribution in [0.4, 0.5) is 24.9 Å². The monoisotopic (exact) mass is 477 g/mol. The molecule has 0 amide bonds. The molecule has 0 aliphatic carbocycles. The third-order valence-electron chi connectivity index (χ3n) is 6.48. The van der Waals surface area contributed by atoms with Gasteiger partial charge in [-0.05, 0) is 43.1 Å². The van der Waals surface area contributed by atoms with E-state index in [2.05, 4.69) is 20.5 Å². The van der Waals surface area contributed by atoms with Crippen LogP contribution in [0.15, 0.2) is 30.3 Å². The molecular weight excluding hydrogens is 451 g/mol. The number of thiophene rings is 1. The Kier molecular flexibility index (Phi) is 5.82. The zero-order chi connectivity index (χ0) is 23.1. The lowest BCUT2D eigenvalue weighted by Crippen LogP contribution is -2.29. The van der Waals surface area contributed by atoms with Gasteiger partial charge in [-0.3, -0.25) is 0 Å². The molecule has 1 spiro atoms. The summed E-state index contributed by atoms with van der Waals surface area (Å²) in [5.74, 6) is 1.93. The summed E-state index contributed by atoms with van der Waals surface area (Å²) in [6, 6.07) is 9.29. The van der Waals surface area contributed by atoms with Crippen LogP contribution in [0.1, 0.15) is 23.3 Å². The van der Waals surface area contributed by atoms with Crippen molar-refractivity contribution in [2.24, 2.45) is 5.41 Å². The Morgan fingerprint density at radius 2 is 2.03 bits per heavy atom. The lowest BCUT2D eigenvalue weighted by molar-refractivity contribution is -0.126. The highest BCUT2D eigenvalue weighted by atomic mass is 32.1. The van der Waals surface area contributed by atoms with Crippen molar-refractivity contribution >= 4 is 33.3 Å². The maximum Gasteiger partial charge on any atom is 0.393 e. The first kappa shape index (κ1) is 22.2. The van der Waals surface area contributed by atoms with Crippen LogP contribution in [-0.4, -0.2) is 49.4 Å². The fourth-order valence-electron chi connectivity index (χ4n) is 4.75. The molecule has 176 valence electrons. The number of anilines is 2. The molecule has 0 radical (unpaired) electrons. The van der Waals surface area contributed by atoms with Crippen LogP contribution in [0.25, 0.3) is 10.2 Å². The fourth-order valence-corrected chi connectivity index (χ4v) is 5.80. The minimum Gasteiger partial charge on any atom is -0.497 e. The molecule has 33 heavy (non-hydrogen) atoms. The highest BCUT2D eigenvalue weighted by molar-refractivity contribution is 7.18. The first-order chi connectivity index (χ1) is 15.8. The largest absolute Gasteiger partial charge is 0.497 e. The number of rotatable bonds is 6. The molecule has 6 nitrogen and oxygen atoms in total. The van der Waals surface area contributed by atoms with E-state index in [9.17, 15) is 13.2 Å². The molecule has 10 heteroatoms. The number of benzene rings is 1. The number of hydrogen-bond acceptors (Lipinski definition) is 7. The molecule has 1 atom stereocenters. The Bertz CT molecular complexity index is 1130. The summed E-state index contributed by atoms with van der Waals surface area (Å²) in [5.41, 5.74) is 1.25. The summed E-state index contributed by atoms with van der Waals surface area (Å²) >= 11 is 1.09. The second-order valence-electron chi connectivity index (χ2n) is 8.89. The molecule has 5 rings (SSSR count). The fraction of sp³-hybridized carbons (Fsp3) is 0.478. The second kappa shape index (κ2) is 8.64. The van der Waals surface area contributed by atoms with E-state index in [4.69, 9.17) is 9.72 Å². The van der Waals surface area contributed by atoms with E-state index in [0.29, 0.717) is 22.7 Å². The van der Waals surface area contributed by atoms with Gasteiger partial charge in [-0.15, -0.1) is 11.3 Å². The number of halogens is 3. The SMILES string of the molecule is COc1ccc(CNc2nc(N3CCC4(CCNC4)C3)c3cc(CC(F)(F)F)sc3n2)cc1. The van der Waals surface area contributed by atoms with Crippen molar-refractivity contribution in [1.29, 1.82) is 0 Å². The summed E-state index contributed by atoms with van der Waals surface area (Å²) in [5, 5.41) is 7.41. The minimum absolute atomic E-state index is 0.221. The number of hydrogen-bond donors (Lipinski definition) is 2. The zero-order valence-corrected chi connectivity index (χ0v) is 19.2. The topological polar surface area (TPSA) is 62.3 Å². The Balaban J connectivity index is 1.44. The molecule has 2 aromatic heterocycles. The molecule has 4 heterocycles. The van der Waals surface area contributed by atoms with Crippen LogP contribution in [0.2, 0.25) is 0 Å². The van der Waals surface area contributed by atoms with Crippen LogP contribution in [0.5, 0.6) is 5.75 Å². The van der Waals surface area contributed by atoms with E-state index in [1.807, 2.05) is 24.3 Å². The van der Waals surface area contributed by atoms with E-state index in [1.165, 1.54) is 0 Å². The quantitative estimate of drug-likeness (QED) is 0.541. The predicted octanol–water partition coefficient (Wildman–Crippen LogP) is 4.61. The molecule has 1 aromatic carbocycles. The Labute approximate surface area is 194 Å². The summed E-state index contributed by atoms with van der Waals surface area (Å²) < 4.78 is 44.3. The minimum atomic E-state index is -4.25. The molecule has 2 aliphatic heterocycles. The van der Waals surface area contributed by atoms with Crippen LogP contribution in [0, 0.1) is 5.41 Å². The third-order valence-corrected chi connectivity index (χ3v) is 7.51. The molecule has 2 fully saturated rings. The van der Waals surface area contributed by atoms with Gasteiger partial charge in [0.05, 0.1) is 18.9 Å². The number of ether oxygens (including phenoxy) is 1. The number of fused-ring (bicyclic) bond motifs is 1. The van der Waals surface area contributed by atoms with Gasteiger partial charge in [-0.2, -0.15) is 18.2 Å². The van der Waals surface area contributed by atoms with Gasteiger partial charge in [0.2, 0.25) is 5.95 Å². The lowest BCUT2D eigenvalue weighted by atomic mass is 9.87. The maximum atomic E-state index is 13.0. The van der Waals surface area contributed by atoms with Crippen molar-refractivity contribution < 1.29 is 17.9 Å². The summed E-state index contributed by atoms with van der Waals surface area (Å²) in [7, 11) is 1.62. The van der Waals surface area contributed by atoms with Crippen LogP contribution in [0.3, 0.4) is 0 Å². The average molecular weight is 478 g/mol. The number of nitrogens with one attached hydrogen (secondary N) is 2. The first-order valence-corrected chi connectivity index (χ1v) is 11.8. The average Bonchev–Trinajstić information content (AvgIpc) is 3.51. The van der Waals surface area contributed by atoms with Gasteiger partial charge in [0.15, 0.2) is 0 Å². The standard InChI is InChI=1S/C23H26F3N5OS/c1-32-16-4-2-15(3-5-16)12-28-21-29-19(31-9-7-22(14-31)6-8-27-13-22)18-10-17(11-23(24,25)26)33-20(18)30-21/h2-5,10,27H,6-9,11-14H2,1H3,(H,28,29,30). The molecular formula is C23H26F3N5OS. The van der Waals surface area contributed by atoms with Crippen molar-refractivity contribution in [1.82, 2.24) is 15.3 Å². The predicted molar refractivity (Wildman–Crippen MR) is 124 cm³/mol. The molecule has 2 N–H and O–H groups in total. The van der Waals surface area contributed by atoms with Crippen molar-refractivity contribution in [3.8, 4) is 5.75 Å². The van der Waals surface area contributed by atoms with Crippen LogP contribution < -0.4 is 20.3 Å². The van der Waals surface area contributed by atoms with E-state index in [0.717, 1.165) is 67.5 Å². The van der Waals surface area contributed by atoms with Gasteiger partial charge in [0, 0.05) is 36.5 Å². The van der Waals surface area contributed by atoms with E-state index < -0.39 is 12.6 Å². The smallest absolute Gasteiger partial charge is 0.393 e. The highest BCUT2D eigenvalue weighted by Crippen LogP contribution is 2.41. The van der Waals surface area contributed by atoms with E-state index in [-0.39, 0.29) is 10.3 Å². The van der Waals surface area contributed by atoms with Crippen LogP contribution >= 0.6 is 11.3 Å². The Morgan fingerprint density at radius 3 is 2.73 bits per heavy atom. The number of alkyl halides is 3.